The topological polar surface area (TPSA) is 84.9 Å². The number of halogens is 1. The highest BCUT2D eigenvalue weighted by Gasteiger charge is 2.43. The molecule has 2 aliphatic carbocycles. The van der Waals surface area contributed by atoms with Crippen molar-refractivity contribution in [2.45, 2.75) is 77.7 Å². The van der Waals surface area contributed by atoms with E-state index in [0.717, 1.165) is 37.8 Å². The van der Waals surface area contributed by atoms with Gasteiger partial charge in [0.25, 0.3) is 0 Å². The van der Waals surface area contributed by atoms with Crippen molar-refractivity contribution in [3.63, 3.8) is 0 Å². The van der Waals surface area contributed by atoms with Crippen molar-refractivity contribution < 1.29 is 24.2 Å². The van der Waals surface area contributed by atoms with Crippen LogP contribution in [0, 0.1) is 5.41 Å². The van der Waals surface area contributed by atoms with Gasteiger partial charge in [-0.2, -0.15) is 0 Å². The van der Waals surface area contributed by atoms with Gasteiger partial charge in [-0.3, -0.25) is 4.79 Å². The second kappa shape index (κ2) is 9.05. The summed E-state index contributed by atoms with van der Waals surface area (Å²) in [7, 11) is 1.44. The minimum Gasteiger partial charge on any atom is -0.503 e. The highest BCUT2D eigenvalue weighted by Crippen LogP contribution is 2.49. The average Bonchev–Trinajstić information content (AvgIpc) is 2.74. The Morgan fingerprint density at radius 3 is 2.55 bits per heavy atom. The Balaban J connectivity index is 1.82. The molecule has 0 radical (unpaired) electrons. The molecule has 1 saturated carbocycles. The number of Topliss-reactive ketones (excluding diaryl/α,β-unsaturated/α-hetero) is 1. The number of allylic oxidation sites excluding steroid dienone is 3. The fourth-order valence-corrected chi connectivity index (χ4v) is 5.57. The number of benzene rings is 1. The minimum atomic E-state index is -0.645. The highest BCUT2D eigenvalue weighted by atomic mass is 35.5. The average molecular weight is 474 g/mol. The first-order chi connectivity index (χ1) is 15.6. The number of hydrogen-bond acceptors (Lipinski definition) is 6. The Kier molecular flexibility index (Phi) is 6.50. The summed E-state index contributed by atoms with van der Waals surface area (Å²) < 4.78 is 11.2. The zero-order valence-corrected chi connectivity index (χ0v) is 20.5. The Morgan fingerprint density at radius 2 is 1.88 bits per heavy atom. The third-order valence-corrected chi connectivity index (χ3v) is 7.18. The number of ketones is 1. The van der Waals surface area contributed by atoms with Crippen molar-refractivity contribution in [1.82, 2.24) is 5.32 Å². The van der Waals surface area contributed by atoms with Gasteiger partial charge in [0.05, 0.1) is 17.7 Å². The zero-order valence-electron chi connectivity index (χ0n) is 19.7. The van der Waals surface area contributed by atoms with Gasteiger partial charge < -0.3 is 19.9 Å². The van der Waals surface area contributed by atoms with E-state index in [-0.39, 0.29) is 33.8 Å². The van der Waals surface area contributed by atoms with Crippen LogP contribution in [0.15, 0.2) is 34.7 Å². The predicted octanol–water partition coefficient (Wildman–Crippen LogP) is 5.53. The maximum absolute atomic E-state index is 13.5. The maximum atomic E-state index is 13.5. The molecule has 1 aliphatic heterocycles. The Labute approximate surface area is 200 Å². The van der Waals surface area contributed by atoms with E-state index in [2.05, 4.69) is 19.2 Å². The lowest BCUT2D eigenvalue weighted by atomic mass is 9.68. The van der Waals surface area contributed by atoms with Gasteiger partial charge in [0.2, 0.25) is 0 Å². The number of esters is 1. The molecule has 2 N–H and O–H groups in total. The molecule has 0 amide bonds. The second-order valence-electron chi connectivity index (χ2n) is 10.1. The summed E-state index contributed by atoms with van der Waals surface area (Å²) in [6, 6.07) is 3.25. The van der Waals surface area contributed by atoms with E-state index in [1.807, 2.05) is 6.92 Å². The van der Waals surface area contributed by atoms with Gasteiger partial charge >= 0.3 is 5.97 Å². The number of methoxy groups -OCH3 is 1. The molecule has 6 nitrogen and oxygen atoms in total. The molecule has 0 spiro atoms. The second-order valence-corrected chi connectivity index (χ2v) is 10.6. The summed E-state index contributed by atoms with van der Waals surface area (Å²) in [5.74, 6) is -1.04. The highest BCUT2D eigenvalue weighted by molar-refractivity contribution is 6.32. The van der Waals surface area contributed by atoms with Gasteiger partial charge in [0.15, 0.2) is 17.3 Å². The molecule has 33 heavy (non-hydrogen) atoms. The van der Waals surface area contributed by atoms with Gasteiger partial charge in [-0.05, 0) is 62.1 Å². The van der Waals surface area contributed by atoms with Gasteiger partial charge in [0, 0.05) is 29.3 Å². The fourth-order valence-electron chi connectivity index (χ4n) is 5.35. The lowest BCUT2D eigenvalue weighted by Crippen LogP contribution is -2.39. The van der Waals surface area contributed by atoms with E-state index in [1.165, 1.54) is 7.11 Å². The molecule has 1 aromatic carbocycles. The number of dihydropyridines is 1. The summed E-state index contributed by atoms with van der Waals surface area (Å²) in [4.78, 5) is 26.9. The monoisotopic (exact) mass is 473 g/mol. The quantitative estimate of drug-likeness (QED) is 0.559. The summed E-state index contributed by atoms with van der Waals surface area (Å²) in [6.07, 6.45) is 5.93. The number of carbonyl (C=O) groups is 2. The number of phenolic OH excluding ortho intramolecular Hbond substituents is 1. The maximum Gasteiger partial charge on any atom is 0.337 e. The lowest BCUT2D eigenvalue weighted by Gasteiger charge is -2.39. The van der Waals surface area contributed by atoms with Gasteiger partial charge in [0.1, 0.15) is 6.10 Å². The number of aromatic hydroxyl groups is 1. The number of hydrogen-bond donors (Lipinski definition) is 2. The molecule has 0 saturated heterocycles. The van der Waals surface area contributed by atoms with Crippen LogP contribution in [0.3, 0.4) is 0 Å². The first-order valence-corrected chi connectivity index (χ1v) is 12.0. The van der Waals surface area contributed by atoms with E-state index in [4.69, 9.17) is 21.1 Å². The van der Waals surface area contributed by atoms with Crippen LogP contribution in [-0.2, 0) is 14.3 Å². The smallest absolute Gasteiger partial charge is 0.337 e. The van der Waals surface area contributed by atoms with E-state index in [9.17, 15) is 14.7 Å². The normalized spacial score (nSPS) is 23.2. The summed E-state index contributed by atoms with van der Waals surface area (Å²) >= 11 is 6.31. The number of nitrogens with one attached hydrogen (secondary N) is 1. The molecule has 3 aliphatic rings. The van der Waals surface area contributed by atoms with Crippen molar-refractivity contribution >= 4 is 23.4 Å². The molecule has 1 aromatic rings. The molecule has 1 fully saturated rings. The standard InChI is InChI=1S/C26H32ClNO5/c1-14-21(25(31)33-16-8-6-5-7-9-16)22(15-10-17(27)24(30)20(11-15)32-4)23-18(28-14)12-26(2,3)13-19(23)29/h10-11,16,22,28,30H,5-9,12-13H2,1-4H3/t22-/m0/s1. The van der Waals surface area contributed by atoms with Crippen molar-refractivity contribution in [3.05, 3.63) is 45.3 Å². The van der Waals surface area contributed by atoms with Crippen molar-refractivity contribution in [1.29, 1.82) is 0 Å². The molecule has 7 heteroatoms. The molecule has 4 rings (SSSR count). The Morgan fingerprint density at radius 1 is 1.18 bits per heavy atom. The Bertz CT molecular complexity index is 1050. The summed E-state index contributed by atoms with van der Waals surface area (Å²) in [5.41, 5.74) is 2.92. The van der Waals surface area contributed by atoms with Crippen LogP contribution in [0.1, 0.15) is 77.2 Å². The van der Waals surface area contributed by atoms with Crippen LogP contribution in [0.2, 0.25) is 5.02 Å². The molecule has 0 unspecified atom stereocenters. The van der Waals surface area contributed by atoms with Crippen LogP contribution < -0.4 is 10.1 Å². The van der Waals surface area contributed by atoms with Crippen LogP contribution in [-0.4, -0.2) is 30.1 Å². The van der Waals surface area contributed by atoms with Gasteiger partial charge in [-0.15, -0.1) is 0 Å². The molecule has 178 valence electrons. The summed E-state index contributed by atoms with van der Waals surface area (Å²) in [5, 5.41) is 13.7. The molecular formula is C26H32ClNO5. The molecule has 1 atom stereocenters. The predicted molar refractivity (Wildman–Crippen MR) is 126 cm³/mol. The van der Waals surface area contributed by atoms with Crippen molar-refractivity contribution in [3.8, 4) is 11.5 Å². The first-order valence-electron chi connectivity index (χ1n) is 11.6. The summed E-state index contributed by atoms with van der Waals surface area (Å²) in [6.45, 7) is 5.98. The molecule has 1 heterocycles. The molecule has 0 bridgehead atoms. The minimum absolute atomic E-state index is 0.00243. The third-order valence-electron chi connectivity index (χ3n) is 6.89. The van der Waals surface area contributed by atoms with Crippen molar-refractivity contribution in [2.75, 3.05) is 7.11 Å². The van der Waals surface area contributed by atoms with E-state index >= 15 is 0 Å². The SMILES string of the molecule is COc1cc([C@H]2C(C(=O)OC3CCCCC3)=C(C)NC3=C2C(=O)CC(C)(C)C3)cc(Cl)c1O. The van der Waals surface area contributed by atoms with Crippen LogP contribution in [0.5, 0.6) is 11.5 Å². The first kappa shape index (κ1) is 23.7. The van der Waals surface area contributed by atoms with Crippen LogP contribution >= 0.6 is 11.6 Å². The largest absolute Gasteiger partial charge is 0.503 e. The third kappa shape index (κ3) is 4.63. The van der Waals surface area contributed by atoms with E-state index in [1.54, 1.807) is 12.1 Å². The number of ether oxygens (including phenoxy) is 2. The van der Waals surface area contributed by atoms with Crippen LogP contribution in [0.4, 0.5) is 0 Å². The number of carbonyl (C=O) groups excluding carboxylic acids is 2. The van der Waals surface area contributed by atoms with E-state index < -0.39 is 11.9 Å². The van der Waals surface area contributed by atoms with Gasteiger partial charge in [-0.25, -0.2) is 4.79 Å². The number of rotatable bonds is 4. The number of phenols is 1. The lowest BCUT2D eigenvalue weighted by molar-refractivity contribution is -0.146. The Hall–Kier alpha value is -2.47. The van der Waals surface area contributed by atoms with Crippen LogP contribution in [0.25, 0.3) is 0 Å². The van der Waals surface area contributed by atoms with Crippen molar-refractivity contribution in [2.24, 2.45) is 5.41 Å². The van der Waals surface area contributed by atoms with Gasteiger partial charge in [-0.1, -0.05) is 31.9 Å². The zero-order chi connectivity index (χ0) is 23.9. The molecular weight excluding hydrogens is 442 g/mol. The molecule has 0 aromatic heterocycles. The fraction of sp³-hybridized carbons (Fsp3) is 0.538. The van der Waals surface area contributed by atoms with E-state index in [0.29, 0.717) is 35.2 Å².